The van der Waals surface area contributed by atoms with E-state index in [-0.39, 0.29) is 17.4 Å². The van der Waals surface area contributed by atoms with Gasteiger partial charge in [-0.1, -0.05) is 0 Å². The van der Waals surface area contributed by atoms with Crippen LogP contribution in [0.15, 0.2) is 54.7 Å². The number of methoxy groups -OCH3 is 1. The zero-order valence-electron chi connectivity index (χ0n) is 15.9. The molecule has 1 aromatic heterocycles. The van der Waals surface area contributed by atoms with E-state index >= 15 is 0 Å². The van der Waals surface area contributed by atoms with Gasteiger partial charge >= 0.3 is 0 Å². The van der Waals surface area contributed by atoms with Crippen molar-refractivity contribution >= 4 is 11.6 Å². The summed E-state index contributed by atoms with van der Waals surface area (Å²) in [5.41, 5.74) is 0.817. The molecule has 1 aliphatic rings. The first-order chi connectivity index (χ1) is 14.1. The summed E-state index contributed by atoms with van der Waals surface area (Å²) in [5.74, 6) is 0.990. The third-order valence-electron chi connectivity index (χ3n) is 4.72. The maximum atomic E-state index is 14.0. The number of hydrogen-bond acceptors (Lipinski definition) is 6. The molecule has 1 fully saturated rings. The molecule has 8 heteroatoms. The number of nitrogens with zero attached hydrogens (tertiary/aromatic N) is 4. The van der Waals surface area contributed by atoms with Crippen LogP contribution in [-0.4, -0.2) is 43.3 Å². The Balaban J connectivity index is 1.40. The van der Waals surface area contributed by atoms with Gasteiger partial charge in [0, 0.05) is 50.2 Å². The highest BCUT2D eigenvalue weighted by molar-refractivity contribution is 5.51. The Morgan fingerprint density at radius 3 is 2.31 bits per heavy atom. The molecule has 4 rings (SSSR count). The van der Waals surface area contributed by atoms with Crippen molar-refractivity contribution in [1.29, 1.82) is 0 Å². The van der Waals surface area contributed by atoms with E-state index < -0.39 is 0 Å². The van der Waals surface area contributed by atoms with Crippen LogP contribution in [0.3, 0.4) is 0 Å². The van der Waals surface area contributed by atoms with Crippen LogP contribution in [0.5, 0.6) is 17.4 Å². The van der Waals surface area contributed by atoms with E-state index in [0.717, 1.165) is 5.69 Å². The van der Waals surface area contributed by atoms with Crippen LogP contribution in [0.2, 0.25) is 0 Å². The number of halogens is 2. The fourth-order valence-electron chi connectivity index (χ4n) is 3.18. The molecule has 0 spiro atoms. The van der Waals surface area contributed by atoms with E-state index in [0.29, 0.717) is 43.8 Å². The van der Waals surface area contributed by atoms with Crippen LogP contribution >= 0.6 is 0 Å². The van der Waals surface area contributed by atoms with E-state index in [1.165, 1.54) is 25.3 Å². The highest BCUT2D eigenvalue weighted by Gasteiger charge is 2.20. The number of aromatic nitrogens is 2. The number of rotatable bonds is 5. The molecule has 0 unspecified atom stereocenters. The lowest BCUT2D eigenvalue weighted by Crippen LogP contribution is -2.47. The van der Waals surface area contributed by atoms with Crippen LogP contribution in [-0.2, 0) is 0 Å². The number of benzene rings is 2. The Kier molecular flexibility index (Phi) is 5.41. The number of hydrogen-bond donors (Lipinski definition) is 0. The molecular weight excluding hydrogens is 378 g/mol. The molecule has 0 aliphatic carbocycles. The second-order valence-electron chi connectivity index (χ2n) is 6.54. The third-order valence-corrected chi connectivity index (χ3v) is 4.72. The van der Waals surface area contributed by atoms with Gasteiger partial charge in [-0.15, -0.1) is 0 Å². The largest absolute Gasteiger partial charge is 0.494 e. The normalized spacial score (nSPS) is 14.0. The van der Waals surface area contributed by atoms with E-state index in [2.05, 4.69) is 14.9 Å². The second-order valence-corrected chi connectivity index (χ2v) is 6.54. The molecule has 0 N–H and O–H groups in total. The van der Waals surface area contributed by atoms with Crippen LogP contribution < -0.4 is 19.3 Å². The molecule has 0 bridgehead atoms. The number of ether oxygens (including phenoxy) is 2. The lowest BCUT2D eigenvalue weighted by molar-refractivity contribution is 0.386. The van der Waals surface area contributed by atoms with Crippen molar-refractivity contribution in [3.63, 3.8) is 0 Å². The van der Waals surface area contributed by atoms with Crippen LogP contribution in [0, 0.1) is 11.6 Å². The molecule has 0 saturated carbocycles. The fourth-order valence-corrected chi connectivity index (χ4v) is 3.18. The summed E-state index contributed by atoms with van der Waals surface area (Å²) in [4.78, 5) is 12.9. The lowest BCUT2D eigenvalue weighted by Gasteiger charge is -2.36. The molecule has 2 aromatic carbocycles. The van der Waals surface area contributed by atoms with E-state index in [1.807, 2.05) is 11.0 Å². The molecule has 1 saturated heterocycles. The summed E-state index contributed by atoms with van der Waals surface area (Å²) in [6, 6.07) is 12.4. The smallest absolute Gasteiger partial charge is 0.228 e. The highest BCUT2D eigenvalue weighted by Crippen LogP contribution is 2.26. The summed E-state index contributed by atoms with van der Waals surface area (Å²) >= 11 is 0. The zero-order chi connectivity index (χ0) is 20.2. The monoisotopic (exact) mass is 398 g/mol. The molecule has 6 nitrogen and oxygen atoms in total. The van der Waals surface area contributed by atoms with Gasteiger partial charge in [0.15, 0.2) is 11.6 Å². The van der Waals surface area contributed by atoms with Crippen molar-refractivity contribution < 1.29 is 18.3 Å². The van der Waals surface area contributed by atoms with Gasteiger partial charge in [0.2, 0.25) is 11.8 Å². The van der Waals surface area contributed by atoms with E-state index in [9.17, 15) is 8.78 Å². The average molecular weight is 398 g/mol. The van der Waals surface area contributed by atoms with E-state index in [1.54, 1.807) is 30.5 Å². The first kappa shape index (κ1) is 18.9. The van der Waals surface area contributed by atoms with Gasteiger partial charge < -0.3 is 19.3 Å². The Labute approximate surface area is 167 Å². The van der Waals surface area contributed by atoms with Gasteiger partial charge in [-0.05, 0) is 36.4 Å². The topological polar surface area (TPSA) is 50.7 Å². The minimum atomic E-state index is -0.374. The van der Waals surface area contributed by atoms with Crippen LogP contribution in [0.4, 0.5) is 20.4 Å². The lowest BCUT2D eigenvalue weighted by atomic mass is 10.2. The summed E-state index contributed by atoms with van der Waals surface area (Å²) in [6.45, 7) is 2.79. The molecule has 0 amide bonds. The van der Waals surface area contributed by atoms with Crippen molar-refractivity contribution in [2.75, 3.05) is 43.1 Å². The minimum Gasteiger partial charge on any atom is -0.494 e. The molecule has 0 atom stereocenters. The summed E-state index contributed by atoms with van der Waals surface area (Å²) in [7, 11) is 1.45. The average Bonchev–Trinajstić information content (AvgIpc) is 2.76. The van der Waals surface area contributed by atoms with Gasteiger partial charge in [-0.25, -0.2) is 13.8 Å². The predicted molar refractivity (Wildman–Crippen MR) is 106 cm³/mol. The van der Waals surface area contributed by atoms with Crippen molar-refractivity contribution in [3.8, 4) is 17.4 Å². The molecule has 0 radical (unpaired) electrons. The highest BCUT2D eigenvalue weighted by atomic mass is 19.1. The van der Waals surface area contributed by atoms with Crippen molar-refractivity contribution in [1.82, 2.24) is 9.97 Å². The Bertz CT molecular complexity index is 977. The second kappa shape index (κ2) is 8.30. The first-order valence-corrected chi connectivity index (χ1v) is 9.22. The standard InChI is InChI=1S/C21H20F2N4O2/c1-28-19-7-4-16(14-18(19)23)26-10-12-27(13-11-26)21-24-9-8-20(25-21)29-17-5-2-15(22)3-6-17/h2-9,14H,10-13H2,1H3. The van der Waals surface area contributed by atoms with Gasteiger partial charge in [0.05, 0.1) is 7.11 Å². The zero-order valence-corrected chi connectivity index (χ0v) is 15.9. The summed E-state index contributed by atoms with van der Waals surface area (Å²) in [5, 5.41) is 0. The molecule has 150 valence electrons. The Morgan fingerprint density at radius 1 is 0.897 bits per heavy atom. The molecular formula is C21H20F2N4O2. The number of piperazine rings is 1. The SMILES string of the molecule is COc1ccc(N2CCN(c3nccc(Oc4ccc(F)cc4)n3)CC2)cc1F. The minimum absolute atomic E-state index is 0.235. The summed E-state index contributed by atoms with van der Waals surface area (Å²) in [6.07, 6.45) is 1.63. The first-order valence-electron chi connectivity index (χ1n) is 9.22. The fraction of sp³-hybridized carbons (Fsp3) is 0.238. The van der Waals surface area contributed by atoms with Gasteiger partial charge in [-0.2, -0.15) is 4.98 Å². The maximum absolute atomic E-state index is 14.0. The Morgan fingerprint density at radius 2 is 1.62 bits per heavy atom. The third kappa shape index (κ3) is 4.37. The quantitative estimate of drug-likeness (QED) is 0.650. The molecule has 3 aromatic rings. The van der Waals surface area contributed by atoms with Crippen LogP contribution in [0.25, 0.3) is 0 Å². The summed E-state index contributed by atoms with van der Waals surface area (Å²) < 4.78 is 37.7. The molecule has 29 heavy (non-hydrogen) atoms. The van der Waals surface area contributed by atoms with Crippen LogP contribution in [0.1, 0.15) is 0 Å². The van der Waals surface area contributed by atoms with Gasteiger partial charge in [-0.3, -0.25) is 0 Å². The number of anilines is 2. The van der Waals surface area contributed by atoms with Gasteiger partial charge in [0.25, 0.3) is 0 Å². The van der Waals surface area contributed by atoms with E-state index in [4.69, 9.17) is 9.47 Å². The van der Waals surface area contributed by atoms with Crippen molar-refractivity contribution in [2.45, 2.75) is 0 Å². The molecule has 1 aliphatic heterocycles. The van der Waals surface area contributed by atoms with Crippen molar-refractivity contribution in [3.05, 3.63) is 66.4 Å². The maximum Gasteiger partial charge on any atom is 0.228 e. The molecule has 2 heterocycles. The Hall–Kier alpha value is -3.42. The predicted octanol–water partition coefficient (Wildman–Crippen LogP) is 3.88. The van der Waals surface area contributed by atoms with Gasteiger partial charge in [0.1, 0.15) is 11.6 Å². The van der Waals surface area contributed by atoms with Crippen molar-refractivity contribution in [2.24, 2.45) is 0 Å².